The van der Waals surface area contributed by atoms with Crippen LogP contribution in [0.5, 0.6) is 11.5 Å². The van der Waals surface area contributed by atoms with Crippen molar-refractivity contribution >= 4 is 17.5 Å². The molecule has 13 heteroatoms. The average molecular weight is 733 g/mol. The lowest BCUT2D eigenvalue weighted by Crippen LogP contribution is -2.53. The fourth-order valence-corrected chi connectivity index (χ4v) is 7.08. The van der Waals surface area contributed by atoms with E-state index in [1.165, 1.54) is 0 Å². The van der Waals surface area contributed by atoms with Crippen molar-refractivity contribution in [3.05, 3.63) is 99.6 Å². The van der Waals surface area contributed by atoms with Crippen molar-refractivity contribution in [1.29, 1.82) is 0 Å². The molecule has 1 fully saturated rings. The van der Waals surface area contributed by atoms with Gasteiger partial charge in [-0.25, -0.2) is 0 Å². The highest BCUT2D eigenvalue weighted by Gasteiger charge is 2.40. The number of unbranched alkanes of at least 4 members (excludes halogenated alkanes) is 2. The number of amides is 2. The highest BCUT2D eigenvalue weighted by Crippen LogP contribution is 2.38. The Kier molecular flexibility index (Phi) is 15.1. The monoisotopic (exact) mass is 732 g/mol. The SMILES string of the molecule is COCCCN1CCOc2ccc(COC3CN(C(=O)CCCCCO[N+](=O)[O-])C(CC(=O)NCc4ccccc4)CC3c3ccc(OC)cc3)cc21. The Balaban J connectivity index is 1.34. The zero-order valence-electron chi connectivity index (χ0n) is 30.8. The number of likely N-dealkylation sites (tertiary alicyclic amines) is 1. The van der Waals surface area contributed by atoms with E-state index in [9.17, 15) is 19.7 Å². The van der Waals surface area contributed by atoms with Crippen LogP contribution in [-0.2, 0) is 37.1 Å². The van der Waals surface area contributed by atoms with E-state index in [0.29, 0.717) is 58.6 Å². The van der Waals surface area contributed by atoms with Crippen LogP contribution in [0.1, 0.15) is 67.6 Å². The number of piperidine rings is 1. The summed E-state index contributed by atoms with van der Waals surface area (Å²) >= 11 is 0. The number of fused-ring (bicyclic) bond motifs is 1. The molecule has 3 aromatic carbocycles. The molecule has 2 heterocycles. The number of anilines is 1. The van der Waals surface area contributed by atoms with Crippen molar-refractivity contribution in [2.24, 2.45) is 0 Å². The van der Waals surface area contributed by atoms with E-state index in [0.717, 1.165) is 53.4 Å². The Morgan fingerprint density at radius 1 is 0.962 bits per heavy atom. The summed E-state index contributed by atoms with van der Waals surface area (Å²) in [6.45, 7) is 4.00. The van der Waals surface area contributed by atoms with E-state index in [2.05, 4.69) is 21.1 Å². The lowest BCUT2D eigenvalue weighted by Gasteiger charge is -2.44. The van der Waals surface area contributed by atoms with Crippen LogP contribution in [0.4, 0.5) is 5.69 Å². The Labute approximate surface area is 311 Å². The first kappa shape index (κ1) is 39.3. The second-order valence-corrected chi connectivity index (χ2v) is 13.5. The van der Waals surface area contributed by atoms with Crippen molar-refractivity contribution in [3.63, 3.8) is 0 Å². The fraction of sp³-hybridized carbons (Fsp3) is 0.500. The third-order valence-electron chi connectivity index (χ3n) is 9.87. The van der Waals surface area contributed by atoms with Gasteiger partial charge in [0.1, 0.15) is 18.1 Å². The molecule has 3 aromatic rings. The number of hydrogen-bond acceptors (Lipinski definition) is 10. The molecule has 0 radical (unpaired) electrons. The van der Waals surface area contributed by atoms with Gasteiger partial charge in [-0.3, -0.25) is 9.59 Å². The molecule has 2 aliphatic rings. The second-order valence-electron chi connectivity index (χ2n) is 13.5. The first-order valence-electron chi connectivity index (χ1n) is 18.5. The zero-order chi connectivity index (χ0) is 37.4. The second kappa shape index (κ2) is 20.4. The van der Waals surface area contributed by atoms with Gasteiger partial charge < -0.3 is 38.9 Å². The average Bonchev–Trinajstić information content (AvgIpc) is 3.18. The van der Waals surface area contributed by atoms with Gasteiger partial charge in [0.05, 0.1) is 38.7 Å². The van der Waals surface area contributed by atoms with E-state index < -0.39 is 5.09 Å². The molecule has 0 aliphatic carbocycles. The van der Waals surface area contributed by atoms with Gasteiger partial charge in [0.25, 0.3) is 5.09 Å². The fourth-order valence-electron chi connectivity index (χ4n) is 7.08. The number of rotatable bonds is 20. The highest BCUT2D eigenvalue weighted by molar-refractivity contribution is 5.80. The van der Waals surface area contributed by atoms with Gasteiger partial charge >= 0.3 is 0 Å². The Morgan fingerprint density at radius 2 is 1.77 bits per heavy atom. The predicted molar refractivity (Wildman–Crippen MR) is 199 cm³/mol. The van der Waals surface area contributed by atoms with Crippen molar-refractivity contribution in [3.8, 4) is 11.5 Å². The van der Waals surface area contributed by atoms with E-state index in [1.54, 1.807) is 14.2 Å². The molecular formula is C40H52N4O9. The molecule has 0 aromatic heterocycles. The van der Waals surface area contributed by atoms with Crippen LogP contribution in [0.3, 0.4) is 0 Å². The molecule has 0 saturated carbocycles. The Bertz CT molecular complexity index is 1610. The summed E-state index contributed by atoms with van der Waals surface area (Å²) in [5.74, 6) is 1.29. The molecule has 13 nitrogen and oxygen atoms in total. The number of benzene rings is 3. The summed E-state index contributed by atoms with van der Waals surface area (Å²) in [5, 5.41) is 12.8. The maximum absolute atomic E-state index is 13.9. The lowest BCUT2D eigenvalue weighted by molar-refractivity contribution is -0.757. The molecule has 3 atom stereocenters. The number of nitrogens with zero attached hydrogens (tertiary/aromatic N) is 3. The summed E-state index contributed by atoms with van der Waals surface area (Å²) in [6.07, 6.45) is 3.12. The van der Waals surface area contributed by atoms with Gasteiger partial charge in [-0.15, -0.1) is 10.1 Å². The van der Waals surface area contributed by atoms with Gasteiger partial charge in [0.2, 0.25) is 11.8 Å². The van der Waals surface area contributed by atoms with Crippen molar-refractivity contribution in [2.75, 3.05) is 58.6 Å². The minimum absolute atomic E-state index is 0.00565. The molecule has 1 N–H and O–H groups in total. The maximum Gasteiger partial charge on any atom is 0.294 e. The summed E-state index contributed by atoms with van der Waals surface area (Å²) in [6, 6.07) is 23.4. The predicted octanol–water partition coefficient (Wildman–Crippen LogP) is 5.68. The maximum atomic E-state index is 13.9. The number of ether oxygens (including phenoxy) is 4. The Hall–Kier alpha value is -4.88. The number of nitrogens with one attached hydrogen (secondary N) is 1. The minimum atomic E-state index is -0.803. The minimum Gasteiger partial charge on any atom is -0.497 e. The Morgan fingerprint density at radius 3 is 2.53 bits per heavy atom. The van der Waals surface area contributed by atoms with Crippen molar-refractivity contribution in [2.45, 2.75) is 76.2 Å². The lowest BCUT2D eigenvalue weighted by atomic mass is 9.81. The number of carbonyl (C=O) groups excluding carboxylic acids is 2. The summed E-state index contributed by atoms with van der Waals surface area (Å²) < 4.78 is 23.4. The highest BCUT2D eigenvalue weighted by atomic mass is 16.9. The van der Waals surface area contributed by atoms with E-state index >= 15 is 0 Å². The zero-order valence-corrected chi connectivity index (χ0v) is 30.8. The molecule has 2 amide bonds. The first-order valence-corrected chi connectivity index (χ1v) is 18.5. The number of carbonyl (C=O) groups is 2. The first-order chi connectivity index (χ1) is 25.8. The van der Waals surface area contributed by atoms with Gasteiger partial charge in [-0.1, -0.05) is 55.0 Å². The van der Waals surface area contributed by atoms with Crippen LogP contribution in [0, 0.1) is 10.1 Å². The van der Waals surface area contributed by atoms with Gasteiger partial charge in [-0.05, 0) is 66.6 Å². The third-order valence-corrected chi connectivity index (χ3v) is 9.87. The largest absolute Gasteiger partial charge is 0.497 e. The molecule has 286 valence electrons. The summed E-state index contributed by atoms with van der Waals surface area (Å²) in [4.78, 5) is 46.4. The third kappa shape index (κ3) is 11.8. The van der Waals surface area contributed by atoms with Crippen LogP contribution in [-0.4, -0.2) is 87.6 Å². The molecular weight excluding hydrogens is 680 g/mol. The summed E-state index contributed by atoms with van der Waals surface area (Å²) in [7, 11) is 3.34. The van der Waals surface area contributed by atoms with E-state index in [4.69, 9.17) is 18.9 Å². The molecule has 2 aliphatic heterocycles. The topological polar surface area (TPSA) is 142 Å². The molecule has 53 heavy (non-hydrogen) atoms. The smallest absolute Gasteiger partial charge is 0.294 e. The van der Waals surface area contributed by atoms with E-state index in [1.807, 2.05) is 71.6 Å². The van der Waals surface area contributed by atoms with Crippen molar-refractivity contribution < 1.29 is 38.5 Å². The summed E-state index contributed by atoms with van der Waals surface area (Å²) in [5.41, 5.74) is 4.07. The van der Waals surface area contributed by atoms with Crippen LogP contribution in [0.25, 0.3) is 0 Å². The van der Waals surface area contributed by atoms with Gasteiger partial charge in [0, 0.05) is 58.2 Å². The van der Waals surface area contributed by atoms with E-state index in [-0.39, 0.29) is 49.3 Å². The molecule has 0 spiro atoms. The molecule has 0 bridgehead atoms. The quantitative estimate of drug-likeness (QED) is 0.0877. The molecule has 1 saturated heterocycles. The van der Waals surface area contributed by atoms with Crippen LogP contribution in [0.2, 0.25) is 0 Å². The molecule has 3 unspecified atom stereocenters. The van der Waals surface area contributed by atoms with Gasteiger partial charge in [0.15, 0.2) is 0 Å². The van der Waals surface area contributed by atoms with Crippen LogP contribution < -0.4 is 19.7 Å². The number of hydrogen-bond donors (Lipinski definition) is 1. The van der Waals surface area contributed by atoms with Crippen LogP contribution in [0.15, 0.2) is 72.8 Å². The van der Waals surface area contributed by atoms with Crippen LogP contribution >= 0.6 is 0 Å². The molecule has 5 rings (SSSR count). The number of methoxy groups -OCH3 is 2. The van der Waals surface area contributed by atoms with Gasteiger partial charge in [-0.2, -0.15) is 0 Å². The van der Waals surface area contributed by atoms with Crippen molar-refractivity contribution in [1.82, 2.24) is 10.2 Å². The standard InChI is InChI=1S/C40H52N4O9/c1-49-21-9-19-42-20-23-51-37-18-13-31(24-36(37)42)29-52-38-28-43(40(46)12-7-4-8-22-53-44(47)48)33(25-35(38)32-14-16-34(50-2)17-15-32)26-39(45)41-27-30-10-5-3-6-11-30/h3,5-6,10-11,13-18,24,33,35,38H,4,7-9,12,19-23,25-29H2,1-2H3,(H,41,45). The normalized spacial score (nSPS) is 18.1.